The Bertz CT molecular complexity index is 709. The Kier molecular flexibility index (Phi) is 3.88. The van der Waals surface area contributed by atoms with Crippen LogP contribution in [-0.4, -0.2) is 11.8 Å². The molecule has 0 saturated heterocycles. The molecule has 1 aliphatic rings. The van der Waals surface area contributed by atoms with Crippen LogP contribution < -0.4 is 0 Å². The topological polar surface area (TPSA) is 43.4 Å². The van der Waals surface area contributed by atoms with Crippen LogP contribution >= 0.6 is 15.9 Å². The second-order valence-corrected chi connectivity index (χ2v) is 5.50. The number of benzene rings is 2. The summed E-state index contributed by atoms with van der Waals surface area (Å²) in [5.41, 5.74) is 3.05. The zero-order valence-corrected chi connectivity index (χ0v) is 12.8. The molecule has 1 unspecified atom stereocenters. The molecule has 1 atom stereocenters. The molecule has 21 heavy (non-hydrogen) atoms. The maximum atomic E-state index is 12.4. The molecule has 4 heteroatoms. The van der Waals surface area contributed by atoms with Gasteiger partial charge in [-0.3, -0.25) is 4.79 Å². The van der Waals surface area contributed by atoms with Crippen LogP contribution in [0.25, 0.3) is 0 Å². The van der Waals surface area contributed by atoms with Gasteiger partial charge in [0.1, 0.15) is 6.10 Å². The number of carbonyl (C=O) groups excluding carboxylic acids is 2. The molecule has 3 rings (SSSR count). The lowest BCUT2D eigenvalue weighted by atomic mass is 9.98. The molecule has 1 heterocycles. The van der Waals surface area contributed by atoms with E-state index in [4.69, 9.17) is 4.74 Å². The third-order valence-corrected chi connectivity index (χ3v) is 4.20. The fourth-order valence-electron chi connectivity index (χ4n) is 2.49. The molecule has 0 aromatic heterocycles. The Hall–Kier alpha value is -1.94. The van der Waals surface area contributed by atoms with Gasteiger partial charge >= 0.3 is 5.97 Å². The molecule has 2 aromatic carbocycles. The van der Waals surface area contributed by atoms with Gasteiger partial charge in [0.05, 0.1) is 12.0 Å². The summed E-state index contributed by atoms with van der Waals surface area (Å²) in [4.78, 5) is 24.1. The van der Waals surface area contributed by atoms with Gasteiger partial charge in [-0.1, -0.05) is 52.3 Å². The third-order valence-electron chi connectivity index (χ3n) is 3.55. The Labute approximate surface area is 131 Å². The molecule has 0 bridgehead atoms. The van der Waals surface area contributed by atoms with Gasteiger partial charge in [-0.2, -0.15) is 0 Å². The van der Waals surface area contributed by atoms with Crippen LogP contribution in [-0.2, 0) is 10.1 Å². The summed E-state index contributed by atoms with van der Waals surface area (Å²) in [6.07, 6.45) is -0.303. The second-order valence-electron chi connectivity index (χ2n) is 4.94. The Morgan fingerprint density at radius 2 is 1.95 bits per heavy atom. The molecule has 2 aromatic rings. The number of ether oxygens (including phenoxy) is 1. The molecule has 0 radical (unpaired) electrons. The van der Waals surface area contributed by atoms with Gasteiger partial charge in [0.2, 0.25) is 0 Å². The molecule has 0 spiro atoms. The van der Waals surface area contributed by atoms with E-state index >= 15 is 0 Å². The highest BCUT2D eigenvalue weighted by Crippen LogP contribution is 2.33. The van der Waals surface area contributed by atoms with Gasteiger partial charge in [-0.05, 0) is 17.7 Å². The molecule has 106 valence electrons. The monoisotopic (exact) mass is 344 g/mol. The molecule has 0 N–H and O–H groups in total. The number of rotatable bonds is 4. The van der Waals surface area contributed by atoms with Gasteiger partial charge in [-0.25, -0.2) is 4.79 Å². The number of alkyl halides is 1. The molecule has 1 aliphatic heterocycles. The molecule has 3 nitrogen and oxygen atoms in total. The van der Waals surface area contributed by atoms with Crippen molar-refractivity contribution in [3.63, 3.8) is 0 Å². The van der Waals surface area contributed by atoms with Gasteiger partial charge in [0.25, 0.3) is 0 Å². The highest BCUT2D eigenvalue weighted by molar-refractivity contribution is 9.08. The van der Waals surface area contributed by atoms with Crippen LogP contribution in [0.15, 0.2) is 48.5 Å². The smallest absolute Gasteiger partial charge is 0.339 e. The summed E-state index contributed by atoms with van der Waals surface area (Å²) in [6, 6.07) is 14.7. The summed E-state index contributed by atoms with van der Waals surface area (Å²) in [5.74, 6) is -0.370. The van der Waals surface area contributed by atoms with E-state index in [1.807, 2.05) is 30.3 Å². The van der Waals surface area contributed by atoms with Crippen LogP contribution in [0.1, 0.15) is 44.4 Å². The summed E-state index contributed by atoms with van der Waals surface area (Å²) in [7, 11) is 0. The maximum absolute atomic E-state index is 12.4. The number of carbonyl (C=O) groups is 2. The van der Waals surface area contributed by atoms with Crippen LogP contribution in [0.5, 0.6) is 0 Å². The molecule has 0 amide bonds. The first-order valence-corrected chi connectivity index (χ1v) is 7.79. The minimum absolute atomic E-state index is 0.0210. The number of Topliss-reactive ketones (excluding diaryl/α,β-unsaturated/α-hetero) is 1. The Morgan fingerprint density at radius 3 is 2.76 bits per heavy atom. The van der Waals surface area contributed by atoms with Crippen molar-refractivity contribution in [3.05, 3.63) is 70.8 Å². The Morgan fingerprint density at radius 1 is 1.14 bits per heavy atom. The van der Waals surface area contributed by atoms with Crippen molar-refractivity contribution in [1.82, 2.24) is 0 Å². The Balaban J connectivity index is 1.81. The van der Waals surface area contributed by atoms with E-state index in [9.17, 15) is 9.59 Å². The average molecular weight is 345 g/mol. The van der Waals surface area contributed by atoms with E-state index in [0.717, 1.165) is 11.1 Å². The van der Waals surface area contributed by atoms with Crippen molar-refractivity contribution in [1.29, 1.82) is 0 Å². The lowest BCUT2D eigenvalue weighted by molar-refractivity contribution is 0.0367. The zero-order valence-electron chi connectivity index (χ0n) is 11.2. The predicted octanol–water partition coefficient (Wildman–Crippen LogP) is 4.07. The number of cyclic esters (lactones) is 1. The van der Waals surface area contributed by atoms with Crippen LogP contribution in [0.3, 0.4) is 0 Å². The highest BCUT2D eigenvalue weighted by Gasteiger charge is 2.32. The van der Waals surface area contributed by atoms with Crippen molar-refractivity contribution >= 4 is 27.7 Å². The predicted molar refractivity (Wildman–Crippen MR) is 82.6 cm³/mol. The summed E-state index contributed by atoms with van der Waals surface area (Å²) < 4.78 is 5.31. The quantitative estimate of drug-likeness (QED) is 0.477. The van der Waals surface area contributed by atoms with Gasteiger partial charge in [-0.15, -0.1) is 0 Å². The van der Waals surface area contributed by atoms with Crippen molar-refractivity contribution in [2.75, 3.05) is 0 Å². The van der Waals surface area contributed by atoms with Gasteiger partial charge in [0, 0.05) is 16.5 Å². The number of ketones is 1. The first-order chi connectivity index (χ1) is 10.2. The highest BCUT2D eigenvalue weighted by atomic mass is 79.9. The van der Waals surface area contributed by atoms with E-state index in [-0.39, 0.29) is 18.2 Å². The minimum atomic E-state index is -0.478. The standard InChI is InChI=1S/C17H13BrO3/c18-10-11-4-3-5-12(8-11)15(19)9-16-13-6-1-2-7-14(13)17(20)21-16/h1-8,16H,9-10H2. The lowest BCUT2D eigenvalue weighted by Crippen LogP contribution is -2.08. The van der Waals surface area contributed by atoms with E-state index in [1.54, 1.807) is 18.2 Å². The molecule has 0 aliphatic carbocycles. The number of esters is 1. The third kappa shape index (κ3) is 2.76. The first kappa shape index (κ1) is 14.0. The molecular weight excluding hydrogens is 332 g/mol. The zero-order chi connectivity index (χ0) is 14.8. The van der Waals surface area contributed by atoms with Crippen LogP contribution in [0.4, 0.5) is 0 Å². The minimum Gasteiger partial charge on any atom is -0.453 e. The van der Waals surface area contributed by atoms with E-state index in [2.05, 4.69) is 15.9 Å². The lowest BCUT2D eigenvalue weighted by Gasteiger charge is -2.10. The van der Waals surface area contributed by atoms with Crippen LogP contribution in [0.2, 0.25) is 0 Å². The average Bonchev–Trinajstić information content (AvgIpc) is 2.84. The maximum Gasteiger partial charge on any atom is 0.339 e. The van der Waals surface area contributed by atoms with Crippen molar-refractivity contribution in [2.45, 2.75) is 17.9 Å². The second kappa shape index (κ2) is 5.82. The first-order valence-electron chi connectivity index (χ1n) is 6.67. The number of hydrogen-bond donors (Lipinski definition) is 0. The normalized spacial score (nSPS) is 16.4. The van der Waals surface area contributed by atoms with Crippen molar-refractivity contribution in [3.8, 4) is 0 Å². The summed E-state index contributed by atoms with van der Waals surface area (Å²) in [5, 5.41) is 0.704. The van der Waals surface area contributed by atoms with Crippen molar-refractivity contribution in [2.24, 2.45) is 0 Å². The number of hydrogen-bond acceptors (Lipinski definition) is 3. The van der Waals surface area contributed by atoms with E-state index in [0.29, 0.717) is 16.5 Å². The summed E-state index contributed by atoms with van der Waals surface area (Å²) >= 11 is 3.38. The fraction of sp³-hybridized carbons (Fsp3) is 0.176. The summed E-state index contributed by atoms with van der Waals surface area (Å²) in [6.45, 7) is 0. The van der Waals surface area contributed by atoms with Gasteiger partial charge < -0.3 is 4.74 Å². The molecule has 0 saturated carbocycles. The van der Waals surface area contributed by atoms with Crippen LogP contribution in [0, 0.1) is 0 Å². The van der Waals surface area contributed by atoms with E-state index < -0.39 is 6.10 Å². The SMILES string of the molecule is O=C(CC1OC(=O)c2ccccc21)c1cccc(CBr)c1. The largest absolute Gasteiger partial charge is 0.453 e. The molecule has 0 fully saturated rings. The number of halogens is 1. The molecular formula is C17H13BrO3. The van der Waals surface area contributed by atoms with E-state index in [1.165, 1.54) is 0 Å². The van der Waals surface area contributed by atoms with Crippen molar-refractivity contribution < 1.29 is 14.3 Å². The fourth-order valence-corrected chi connectivity index (χ4v) is 2.83. The van der Waals surface area contributed by atoms with Gasteiger partial charge in [0.15, 0.2) is 5.78 Å². The number of fused-ring (bicyclic) bond motifs is 1.